The van der Waals surface area contributed by atoms with Gasteiger partial charge in [0.2, 0.25) is 5.91 Å². The maximum Gasteiger partial charge on any atom is 0.240 e. The van der Waals surface area contributed by atoms with Crippen molar-refractivity contribution in [1.82, 2.24) is 10.6 Å². The average molecular weight is 265 g/mol. The molecule has 0 aromatic heterocycles. The molecular formula is C12H25ClN2O2. The minimum atomic E-state index is -0.322. The van der Waals surface area contributed by atoms with Crippen molar-refractivity contribution in [2.75, 3.05) is 19.7 Å². The lowest BCUT2D eigenvalue weighted by Crippen LogP contribution is -2.53. The summed E-state index contributed by atoms with van der Waals surface area (Å²) in [6, 6.07) is 0. The van der Waals surface area contributed by atoms with E-state index in [9.17, 15) is 4.79 Å². The van der Waals surface area contributed by atoms with Gasteiger partial charge in [0.1, 0.15) is 0 Å². The third-order valence-electron chi connectivity index (χ3n) is 3.12. The molecule has 1 heterocycles. The Morgan fingerprint density at radius 3 is 2.71 bits per heavy atom. The maximum absolute atomic E-state index is 12.0. The highest BCUT2D eigenvalue weighted by Gasteiger charge is 2.38. The van der Waals surface area contributed by atoms with E-state index in [0.717, 1.165) is 25.8 Å². The van der Waals surface area contributed by atoms with Gasteiger partial charge in [0.25, 0.3) is 0 Å². The number of rotatable bonds is 6. The molecule has 0 aromatic carbocycles. The lowest BCUT2D eigenvalue weighted by Gasteiger charge is -2.26. The van der Waals surface area contributed by atoms with Crippen molar-refractivity contribution in [3.63, 3.8) is 0 Å². The van der Waals surface area contributed by atoms with Crippen LogP contribution in [0.3, 0.4) is 0 Å². The molecule has 5 heteroatoms. The predicted octanol–water partition coefficient (Wildman–Crippen LogP) is 1.48. The molecule has 0 aliphatic carbocycles. The highest BCUT2D eigenvalue weighted by Crippen LogP contribution is 2.22. The molecule has 0 aromatic rings. The molecule has 1 fully saturated rings. The monoisotopic (exact) mass is 264 g/mol. The van der Waals surface area contributed by atoms with E-state index < -0.39 is 0 Å². The standard InChI is InChI=1S/C12H24N2O2.ClH/c1-4-12(6-5-7-14-12)11(15)13-8-9-16-10(2)3;/h10,14H,4-9H2,1-3H3,(H,13,15);1H. The molecule has 0 bridgehead atoms. The zero-order valence-corrected chi connectivity index (χ0v) is 11.9. The molecule has 0 spiro atoms. The van der Waals surface area contributed by atoms with Crippen LogP contribution in [0.15, 0.2) is 0 Å². The molecule has 1 saturated heterocycles. The highest BCUT2D eigenvalue weighted by atomic mass is 35.5. The second-order valence-electron chi connectivity index (χ2n) is 4.64. The lowest BCUT2D eigenvalue weighted by molar-refractivity contribution is -0.127. The molecule has 1 aliphatic heterocycles. The Morgan fingerprint density at radius 1 is 1.53 bits per heavy atom. The SMILES string of the molecule is CCC1(C(=O)NCCOC(C)C)CCCN1.Cl. The van der Waals surface area contributed by atoms with Crippen LogP contribution in [0.25, 0.3) is 0 Å². The number of hydrogen-bond acceptors (Lipinski definition) is 3. The van der Waals surface area contributed by atoms with Crippen LogP contribution in [0.2, 0.25) is 0 Å². The van der Waals surface area contributed by atoms with Gasteiger partial charge >= 0.3 is 0 Å². The van der Waals surface area contributed by atoms with Gasteiger partial charge < -0.3 is 15.4 Å². The number of nitrogens with one attached hydrogen (secondary N) is 2. The van der Waals surface area contributed by atoms with E-state index in [1.807, 2.05) is 13.8 Å². The Labute approximate surface area is 110 Å². The summed E-state index contributed by atoms with van der Waals surface area (Å²) in [5.74, 6) is 0.125. The van der Waals surface area contributed by atoms with Gasteiger partial charge in [0.05, 0.1) is 18.2 Å². The van der Waals surface area contributed by atoms with Gasteiger partial charge in [0.15, 0.2) is 0 Å². The van der Waals surface area contributed by atoms with Crippen molar-refractivity contribution in [3.8, 4) is 0 Å². The van der Waals surface area contributed by atoms with E-state index in [4.69, 9.17) is 4.74 Å². The smallest absolute Gasteiger partial charge is 0.240 e. The van der Waals surface area contributed by atoms with Crippen molar-refractivity contribution in [2.45, 2.75) is 51.7 Å². The molecule has 4 nitrogen and oxygen atoms in total. The number of amides is 1. The molecule has 1 unspecified atom stereocenters. The number of carbonyl (C=O) groups excluding carboxylic acids is 1. The Hall–Kier alpha value is -0.320. The molecule has 1 rings (SSSR count). The maximum atomic E-state index is 12.0. The normalized spacial score (nSPS) is 23.5. The molecule has 2 N–H and O–H groups in total. The topological polar surface area (TPSA) is 50.4 Å². The van der Waals surface area contributed by atoms with Crippen molar-refractivity contribution in [3.05, 3.63) is 0 Å². The molecule has 102 valence electrons. The quantitative estimate of drug-likeness (QED) is 0.715. The average Bonchev–Trinajstić information content (AvgIpc) is 2.73. The zero-order chi connectivity index (χ0) is 12.0. The molecule has 17 heavy (non-hydrogen) atoms. The van der Waals surface area contributed by atoms with Crippen LogP contribution in [0.1, 0.15) is 40.0 Å². The van der Waals surface area contributed by atoms with Crippen LogP contribution in [0.4, 0.5) is 0 Å². The molecule has 0 saturated carbocycles. The minimum absolute atomic E-state index is 0. The van der Waals surface area contributed by atoms with E-state index in [-0.39, 0.29) is 30.0 Å². The first-order chi connectivity index (χ1) is 7.60. The van der Waals surface area contributed by atoms with Crippen molar-refractivity contribution >= 4 is 18.3 Å². The fraction of sp³-hybridized carbons (Fsp3) is 0.917. The first-order valence-corrected chi connectivity index (χ1v) is 6.25. The van der Waals surface area contributed by atoms with E-state index in [0.29, 0.717) is 13.2 Å². The third-order valence-corrected chi connectivity index (χ3v) is 3.12. The number of ether oxygens (including phenoxy) is 1. The zero-order valence-electron chi connectivity index (χ0n) is 11.0. The van der Waals surface area contributed by atoms with E-state index in [2.05, 4.69) is 17.6 Å². The second-order valence-corrected chi connectivity index (χ2v) is 4.64. The molecule has 0 radical (unpaired) electrons. The fourth-order valence-corrected chi connectivity index (χ4v) is 2.09. The Bertz CT molecular complexity index is 229. The predicted molar refractivity (Wildman–Crippen MR) is 71.6 cm³/mol. The van der Waals surface area contributed by atoms with Crippen LogP contribution >= 0.6 is 12.4 Å². The van der Waals surface area contributed by atoms with Gasteiger partial charge in [-0.15, -0.1) is 12.4 Å². The van der Waals surface area contributed by atoms with E-state index in [1.165, 1.54) is 0 Å². The number of hydrogen-bond donors (Lipinski definition) is 2. The Morgan fingerprint density at radius 2 is 2.24 bits per heavy atom. The molecule has 1 aliphatic rings. The largest absolute Gasteiger partial charge is 0.377 e. The van der Waals surface area contributed by atoms with Gasteiger partial charge in [-0.25, -0.2) is 0 Å². The summed E-state index contributed by atoms with van der Waals surface area (Å²) in [4.78, 5) is 12.0. The summed E-state index contributed by atoms with van der Waals surface area (Å²) in [5.41, 5.74) is -0.322. The van der Waals surface area contributed by atoms with Gasteiger partial charge in [-0.2, -0.15) is 0 Å². The molecular weight excluding hydrogens is 240 g/mol. The van der Waals surface area contributed by atoms with Gasteiger partial charge in [-0.3, -0.25) is 4.79 Å². The second kappa shape index (κ2) is 7.90. The minimum Gasteiger partial charge on any atom is -0.377 e. The first-order valence-electron chi connectivity index (χ1n) is 6.25. The third kappa shape index (κ3) is 4.82. The van der Waals surface area contributed by atoms with Gasteiger partial charge in [-0.05, 0) is 39.7 Å². The van der Waals surface area contributed by atoms with Gasteiger partial charge in [-0.1, -0.05) is 6.92 Å². The van der Waals surface area contributed by atoms with Crippen LogP contribution in [-0.4, -0.2) is 37.2 Å². The Kier molecular flexibility index (Phi) is 7.75. The van der Waals surface area contributed by atoms with Gasteiger partial charge in [0, 0.05) is 6.54 Å². The van der Waals surface area contributed by atoms with Crippen molar-refractivity contribution < 1.29 is 9.53 Å². The summed E-state index contributed by atoms with van der Waals surface area (Å²) in [6.07, 6.45) is 3.11. The summed E-state index contributed by atoms with van der Waals surface area (Å²) in [7, 11) is 0. The summed E-state index contributed by atoms with van der Waals surface area (Å²) in [5, 5.41) is 6.26. The first kappa shape index (κ1) is 16.7. The van der Waals surface area contributed by atoms with Crippen LogP contribution in [0, 0.1) is 0 Å². The molecule has 1 atom stereocenters. The fourth-order valence-electron chi connectivity index (χ4n) is 2.09. The summed E-state index contributed by atoms with van der Waals surface area (Å²) < 4.78 is 5.39. The van der Waals surface area contributed by atoms with Crippen LogP contribution < -0.4 is 10.6 Å². The Balaban J connectivity index is 0.00000256. The van der Waals surface area contributed by atoms with Crippen molar-refractivity contribution in [1.29, 1.82) is 0 Å². The van der Waals surface area contributed by atoms with Crippen molar-refractivity contribution in [2.24, 2.45) is 0 Å². The summed E-state index contributed by atoms with van der Waals surface area (Å²) >= 11 is 0. The van der Waals surface area contributed by atoms with Crippen LogP contribution in [0.5, 0.6) is 0 Å². The lowest BCUT2D eigenvalue weighted by atomic mass is 9.93. The summed E-state index contributed by atoms with van der Waals surface area (Å²) in [6.45, 7) is 8.18. The number of carbonyl (C=O) groups is 1. The number of halogens is 1. The highest BCUT2D eigenvalue weighted by molar-refractivity contribution is 5.86. The van der Waals surface area contributed by atoms with Crippen LogP contribution in [-0.2, 0) is 9.53 Å². The molecule has 1 amide bonds. The van der Waals surface area contributed by atoms with E-state index in [1.54, 1.807) is 0 Å². The van der Waals surface area contributed by atoms with E-state index >= 15 is 0 Å².